The first kappa shape index (κ1) is 28.5. The molecule has 0 amide bonds. The maximum absolute atomic E-state index is 12.6. The van der Waals surface area contributed by atoms with Crippen molar-refractivity contribution in [2.75, 3.05) is 6.61 Å². The van der Waals surface area contributed by atoms with Gasteiger partial charge in [0.1, 0.15) is 0 Å². The highest BCUT2D eigenvalue weighted by atomic mass is 16.5. The van der Waals surface area contributed by atoms with Crippen molar-refractivity contribution < 1.29 is 9.53 Å². The van der Waals surface area contributed by atoms with Gasteiger partial charge in [0.2, 0.25) is 0 Å². The number of ether oxygens (including phenoxy) is 1. The highest BCUT2D eigenvalue weighted by Crippen LogP contribution is 2.21. The molecule has 0 unspecified atom stereocenters. The first-order chi connectivity index (χ1) is 14.1. The largest absolute Gasteiger partial charge is 0.465 e. The maximum atomic E-state index is 12.6. The van der Waals surface area contributed by atoms with Gasteiger partial charge in [-0.2, -0.15) is 0 Å². The Labute approximate surface area is 184 Å². The molecule has 0 aliphatic rings. The summed E-state index contributed by atoms with van der Waals surface area (Å²) in [5.74, 6) is 1.04. The molecule has 0 aliphatic carbocycles. The lowest BCUT2D eigenvalue weighted by Gasteiger charge is -2.16. The lowest BCUT2D eigenvalue weighted by molar-refractivity contribution is -0.149. The fourth-order valence-electron chi connectivity index (χ4n) is 4.02. The van der Waals surface area contributed by atoms with Gasteiger partial charge in [-0.25, -0.2) is 0 Å². The Bertz CT molecular complexity index is 321. The Morgan fingerprint density at radius 2 is 1.00 bits per heavy atom. The summed E-state index contributed by atoms with van der Waals surface area (Å²) >= 11 is 0. The number of hydrogen-bond acceptors (Lipinski definition) is 2. The lowest BCUT2D eigenvalue weighted by atomic mass is 9.94. The number of hydrogen-bond donors (Lipinski definition) is 0. The summed E-state index contributed by atoms with van der Waals surface area (Å²) < 4.78 is 5.68. The second kappa shape index (κ2) is 22.2. The van der Waals surface area contributed by atoms with Crippen LogP contribution >= 0.6 is 0 Å². The first-order valence-electron chi connectivity index (χ1n) is 13.3. The van der Waals surface area contributed by atoms with Crippen LogP contribution in [0, 0.1) is 11.8 Å². The molecule has 0 fully saturated rings. The van der Waals surface area contributed by atoms with Crippen LogP contribution in [0.5, 0.6) is 0 Å². The van der Waals surface area contributed by atoms with E-state index in [2.05, 4.69) is 27.7 Å². The van der Waals surface area contributed by atoms with E-state index < -0.39 is 0 Å². The maximum Gasteiger partial charge on any atom is 0.308 e. The zero-order valence-electron chi connectivity index (χ0n) is 20.6. The molecule has 0 saturated carbocycles. The third kappa shape index (κ3) is 20.5. The van der Waals surface area contributed by atoms with Crippen molar-refractivity contribution in [3.8, 4) is 0 Å². The van der Waals surface area contributed by atoms with Crippen LogP contribution in [0.15, 0.2) is 0 Å². The summed E-state index contributed by atoms with van der Waals surface area (Å²) in [6, 6.07) is 0. The van der Waals surface area contributed by atoms with Crippen molar-refractivity contribution in [2.24, 2.45) is 11.8 Å². The molecule has 2 nitrogen and oxygen atoms in total. The lowest BCUT2D eigenvalue weighted by Crippen LogP contribution is -2.18. The molecule has 0 aromatic carbocycles. The fraction of sp³-hybridized carbons (Fsp3) is 0.963. The second-order valence-corrected chi connectivity index (χ2v) is 9.57. The van der Waals surface area contributed by atoms with Crippen molar-refractivity contribution in [2.45, 2.75) is 150 Å². The molecule has 0 saturated heterocycles. The van der Waals surface area contributed by atoms with Crippen LogP contribution in [0.4, 0.5) is 0 Å². The molecule has 0 spiro atoms. The van der Waals surface area contributed by atoms with Gasteiger partial charge < -0.3 is 4.74 Å². The van der Waals surface area contributed by atoms with Crippen molar-refractivity contribution in [1.82, 2.24) is 0 Å². The van der Waals surface area contributed by atoms with E-state index in [0.717, 1.165) is 25.2 Å². The molecule has 0 N–H and O–H groups in total. The van der Waals surface area contributed by atoms with Gasteiger partial charge in [-0.05, 0) is 25.2 Å². The third-order valence-electron chi connectivity index (χ3n) is 6.07. The molecular formula is C27H54O2. The summed E-state index contributed by atoms with van der Waals surface area (Å²) in [5, 5.41) is 0. The van der Waals surface area contributed by atoms with Crippen LogP contribution in [-0.2, 0) is 9.53 Å². The minimum atomic E-state index is 0.0919. The van der Waals surface area contributed by atoms with E-state index >= 15 is 0 Å². The van der Waals surface area contributed by atoms with Crippen molar-refractivity contribution >= 4 is 5.97 Å². The Balaban J connectivity index is 4.02. The molecule has 0 aromatic rings. The smallest absolute Gasteiger partial charge is 0.308 e. The molecule has 174 valence electrons. The van der Waals surface area contributed by atoms with E-state index in [1.54, 1.807) is 0 Å². The molecular weight excluding hydrogens is 356 g/mol. The van der Waals surface area contributed by atoms with Gasteiger partial charge >= 0.3 is 5.97 Å². The highest BCUT2D eigenvalue weighted by molar-refractivity contribution is 5.72. The first-order valence-corrected chi connectivity index (χ1v) is 13.3. The van der Waals surface area contributed by atoms with Gasteiger partial charge in [0, 0.05) is 0 Å². The summed E-state index contributed by atoms with van der Waals surface area (Å²) in [7, 11) is 0. The van der Waals surface area contributed by atoms with Gasteiger partial charge in [-0.15, -0.1) is 0 Å². The van der Waals surface area contributed by atoms with Gasteiger partial charge in [-0.1, -0.05) is 130 Å². The van der Waals surface area contributed by atoms with Crippen LogP contribution < -0.4 is 0 Å². The van der Waals surface area contributed by atoms with E-state index in [0.29, 0.717) is 6.61 Å². The number of esters is 1. The fourth-order valence-corrected chi connectivity index (χ4v) is 4.02. The Hall–Kier alpha value is -0.530. The predicted molar refractivity (Wildman–Crippen MR) is 128 cm³/mol. The molecule has 0 heterocycles. The molecule has 29 heavy (non-hydrogen) atoms. The number of unbranched alkanes of at least 4 members (excludes halogenated alkanes) is 13. The molecule has 2 heteroatoms. The third-order valence-corrected chi connectivity index (χ3v) is 6.07. The summed E-state index contributed by atoms with van der Waals surface area (Å²) in [4.78, 5) is 12.6. The average molecular weight is 411 g/mol. The molecule has 0 atom stereocenters. The zero-order chi connectivity index (χ0) is 21.6. The van der Waals surface area contributed by atoms with Crippen molar-refractivity contribution in [3.05, 3.63) is 0 Å². The molecule has 0 bridgehead atoms. The Morgan fingerprint density at radius 3 is 1.48 bits per heavy atom. The molecule has 0 aliphatic heterocycles. The zero-order valence-corrected chi connectivity index (χ0v) is 20.6. The van der Waals surface area contributed by atoms with Crippen LogP contribution in [0.25, 0.3) is 0 Å². The number of carbonyl (C=O) groups excluding carboxylic acids is 1. The van der Waals surface area contributed by atoms with E-state index in [-0.39, 0.29) is 11.9 Å². The predicted octanol–water partition coefficient (Wildman–Crippen LogP) is 9.25. The Morgan fingerprint density at radius 1 is 0.586 bits per heavy atom. The van der Waals surface area contributed by atoms with Gasteiger partial charge in [0.15, 0.2) is 0 Å². The summed E-state index contributed by atoms with van der Waals surface area (Å²) in [5.41, 5.74) is 0. The minimum Gasteiger partial charge on any atom is -0.465 e. The van der Waals surface area contributed by atoms with Crippen LogP contribution in [-0.4, -0.2) is 12.6 Å². The molecule has 0 rings (SSSR count). The SMILES string of the molecule is CCCCCCCCC(CCCCCCCC)C(=O)OCCCCCCC(C)C. The van der Waals surface area contributed by atoms with E-state index in [9.17, 15) is 4.79 Å². The molecule has 0 aromatic heterocycles. The van der Waals surface area contributed by atoms with Crippen molar-refractivity contribution in [1.29, 1.82) is 0 Å². The minimum absolute atomic E-state index is 0.0919. The molecule has 0 radical (unpaired) electrons. The van der Waals surface area contributed by atoms with Crippen LogP contribution in [0.2, 0.25) is 0 Å². The van der Waals surface area contributed by atoms with Crippen molar-refractivity contribution in [3.63, 3.8) is 0 Å². The van der Waals surface area contributed by atoms with Gasteiger partial charge in [0.05, 0.1) is 12.5 Å². The average Bonchev–Trinajstić information content (AvgIpc) is 2.70. The van der Waals surface area contributed by atoms with E-state index in [4.69, 9.17) is 4.74 Å². The van der Waals surface area contributed by atoms with Gasteiger partial charge in [-0.3, -0.25) is 4.79 Å². The Kier molecular flexibility index (Phi) is 21.8. The summed E-state index contributed by atoms with van der Waals surface area (Å²) in [6.07, 6.45) is 23.8. The highest BCUT2D eigenvalue weighted by Gasteiger charge is 2.19. The number of rotatable bonds is 22. The number of carbonyl (C=O) groups is 1. The summed E-state index contributed by atoms with van der Waals surface area (Å²) in [6.45, 7) is 9.73. The van der Waals surface area contributed by atoms with Crippen LogP contribution in [0.3, 0.4) is 0 Å². The van der Waals surface area contributed by atoms with Gasteiger partial charge in [0.25, 0.3) is 0 Å². The van der Waals surface area contributed by atoms with Crippen LogP contribution in [0.1, 0.15) is 150 Å². The standard InChI is InChI=1S/C27H54O2/c1-5-7-9-11-13-18-22-26(23-19-14-12-10-8-6-2)27(28)29-24-20-16-15-17-21-25(3)4/h25-26H,5-24H2,1-4H3. The topological polar surface area (TPSA) is 26.3 Å². The quantitative estimate of drug-likeness (QED) is 0.131. The monoisotopic (exact) mass is 410 g/mol. The van der Waals surface area contributed by atoms with E-state index in [1.807, 2.05) is 0 Å². The normalized spacial score (nSPS) is 11.5. The second-order valence-electron chi connectivity index (χ2n) is 9.57. The van der Waals surface area contributed by atoms with E-state index in [1.165, 1.54) is 103 Å².